The first kappa shape index (κ1) is 14.3. The molecule has 1 aromatic rings. The maximum Gasteiger partial charge on any atom is 0.250 e. The summed E-state index contributed by atoms with van der Waals surface area (Å²) in [5.74, 6) is 0.852. The van der Waals surface area contributed by atoms with Gasteiger partial charge in [-0.25, -0.2) is 13.1 Å². The number of nitrogens with one attached hydrogen (secondary N) is 1. The molecule has 1 N–H and O–H groups in total. The first-order valence-corrected chi connectivity index (χ1v) is 9.01. The predicted molar refractivity (Wildman–Crippen MR) is 75.7 cm³/mol. The van der Waals surface area contributed by atoms with E-state index in [2.05, 4.69) is 11.6 Å². The summed E-state index contributed by atoms with van der Waals surface area (Å²) in [6, 6.07) is 3.37. The second kappa shape index (κ2) is 5.49. The van der Waals surface area contributed by atoms with Gasteiger partial charge in [-0.2, -0.15) is 0 Å². The minimum atomic E-state index is -3.43. The standard InChI is InChI=1S/C12H18ClNO2S2/c1-10-4-2-6-12(8-10,9-13)14-18(15,16)11-5-3-7-17-11/h3,5,7,10,14H,2,4,6,8-9H2,1H3. The van der Waals surface area contributed by atoms with Gasteiger partial charge in [0.15, 0.2) is 0 Å². The molecule has 0 bridgehead atoms. The van der Waals surface area contributed by atoms with Crippen LogP contribution < -0.4 is 4.72 Å². The molecule has 102 valence electrons. The van der Waals surface area contributed by atoms with Crippen LogP contribution in [0.5, 0.6) is 0 Å². The maximum absolute atomic E-state index is 12.3. The average molecular weight is 308 g/mol. The van der Waals surface area contributed by atoms with E-state index in [1.165, 1.54) is 11.3 Å². The highest BCUT2D eigenvalue weighted by Crippen LogP contribution is 2.34. The highest BCUT2D eigenvalue weighted by molar-refractivity contribution is 7.91. The van der Waals surface area contributed by atoms with Crippen molar-refractivity contribution in [2.24, 2.45) is 5.92 Å². The number of hydrogen-bond acceptors (Lipinski definition) is 3. The average Bonchev–Trinajstić information content (AvgIpc) is 2.82. The van der Waals surface area contributed by atoms with Gasteiger partial charge in [-0.3, -0.25) is 0 Å². The van der Waals surface area contributed by atoms with Gasteiger partial charge in [0.1, 0.15) is 4.21 Å². The summed E-state index contributed by atoms with van der Waals surface area (Å²) in [6.45, 7) is 2.15. The summed E-state index contributed by atoms with van der Waals surface area (Å²) in [5, 5.41) is 1.77. The molecular weight excluding hydrogens is 290 g/mol. The molecule has 2 rings (SSSR count). The largest absolute Gasteiger partial charge is 0.250 e. The molecular formula is C12H18ClNO2S2. The highest BCUT2D eigenvalue weighted by atomic mass is 35.5. The SMILES string of the molecule is CC1CCCC(CCl)(NS(=O)(=O)c2cccs2)C1. The Morgan fingerprint density at radius 1 is 1.61 bits per heavy atom. The summed E-state index contributed by atoms with van der Waals surface area (Å²) in [7, 11) is -3.43. The lowest BCUT2D eigenvalue weighted by atomic mass is 9.78. The van der Waals surface area contributed by atoms with Crippen LogP contribution in [-0.2, 0) is 10.0 Å². The van der Waals surface area contributed by atoms with Crippen molar-refractivity contribution in [1.82, 2.24) is 4.72 Å². The topological polar surface area (TPSA) is 46.2 Å². The van der Waals surface area contributed by atoms with E-state index in [1.807, 2.05) is 0 Å². The van der Waals surface area contributed by atoms with Gasteiger partial charge >= 0.3 is 0 Å². The smallest absolute Gasteiger partial charge is 0.206 e. The number of alkyl halides is 1. The van der Waals surface area contributed by atoms with E-state index >= 15 is 0 Å². The van der Waals surface area contributed by atoms with Crippen molar-refractivity contribution in [1.29, 1.82) is 0 Å². The molecule has 0 saturated heterocycles. The fourth-order valence-corrected chi connectivity index (χ4v) is 5.47. The summed E-state index contributed by atoms with van der Waals surface area (Å²) in [5.41, 5.74) is -0.470. The molecule has 1 saturated carbocycles. The number of sulfonamides is 1. The van der Waals surface area contributed by atoms with Crippen LogP contribution in [0.25, 0.3) is 0 Å². The first-order chi connectivity index (χ1) is 8.47. The molecule has 18 heavy (non-hydrogen) atoms. The van der Waals surface area contributed by atoms with E-state index in [-0.39, 0.29) is 0 Å². The zero-order valence-corrected chi connectivity index (χ0v) is 12.7. The van der Waals surface area contributed by atoms with Gasteiger partial charge < -0.3 is 0 Å². The number of hydrogen-bond donors (Lipinski definition) is 1. The molecule has 2 unspecified atom stereocenters. The minimum absolute atomic E-state index is 0.335. The Morgan fingerprint density at radius 3 is 2.94 bits per heavy atom. The second-order valence-electron chi connectivity index (χ2n) is 5.15. The fraction of sp³-hybridized carbons (Fsp3) is 0.667. The van der Waals surface area contributed by atoms with Gasteiger partial charge in [0.2, 0.25) is 0 Å². The second-order valence-corrected chi connectivity index (χ2v) is 8.28. The zero-order valence-electron chi connectivity index (χ0n) is 10.4. The van der Waals surface area contributed by atoms with Crippen molar-refractivity contribution in [2.75, 3.05) is 5.88 Å². The fourth-order valence-electron chi connectivity index (χ4n) is 2.65. The van der Waals surface area contributed by atoms with Crippen molar-refractivity contribution in [2.45, 2.75) is 42.4 Å². The molecule has 1 aliphatic carbocycles. The van der Waals surface area contributed by atoms with E-state index in [9.17, 15) is 8.42 Å². The number of thiophene rings is 1. The Balaban J connectivity index is 2.20. The molecule has 1 aliphatic rings. The quantitative estimate of drug-likeness (QED) is 0.868. The van der Waals surface area contributed by atoms with Crippen LogP contribution >= 0.6 is 22.9 Å². The van der Waals surface area contributed by atoms with Crippen LogP contribution in [0, 0.1) is 5.92 Å². The van der Waals surface area contributed by atoms with Crippen LogP contribution in [-0.4, -0.2) is 19.8 Å². The zero-order chi connectivity index (χ0) is 13.2. The highest BCUT2D eigenvalue weighted by Gasteiger charge is 2.38. The van der Waals surface area contributed by atoms with E-state index in [0.29, 0.717) is 16.0 Å². The third kappa shape index (κ3) is 3.07. The molecule has 0 amide bonds. The molecule has 2 atom stereocenters. The predicted octanol–water partition coefficient (Wildman–Crippen LogP) is 3.21. The monoisotopic (exact) mass is 307 g/mol. The Labute approximate surface area is 118 Å². The van der Waals surface area contributed by atoms with Gasteiger partial charge in [-0.05, 0) is 30.2 Å². The Morgan fingerprint density at radius 2 is 2.39 bits per heavy atom. The van der Waals surface area contributed by atoms with Crippen LogP contribution in [0.15, 0.2) is 21.7 Å². The summed E-state index contributed by atoms with van der Waals surface area (Å²) in [6.07, 6.45) is 3.83. The Bertz CT molecular complexity index is 486. The van der Waals surface area contributed by atoms with Crippen molar-refractivity contribution in [3.63, 3.8) is 0 Å². The van der Waals surface area contributed by atoms with Gasteiger partial charge in [-0.1, -0.05) is 25.8 Å². The summed E-state index contributed by atoms with van der Waals surface area (Å²) < 4.78 is 27.8. The van der Waals surface area contributed by atoms with Crippen molar-refractivity contribution in [3.8, 4) is 0 Å². The van der Waals surface area contributed by atoms with Gasteiger partial charge in [0.05, 0.1) is 0 Å². The van der Waals surface area contributed by atoms with E-state index < -0.39 is 15.6 Å². The molecule has 0 aliphatic heterocycles. The van der Waals surface area contributed by atoms with Crippen LogP contribution in [0.1, 0.15) is 32.6 Å². The summed E-state index contributed by atoms with van der Waals surface area (Å²) in [4.78, 5) is 0. The third-order valence-electron chi connectivity index (χ3n) is 3.46. The van der Waals surface area contributed by atoms with Crippen molar-refractivity contribution >= 4 is 33.0 Å². The molecule has 6 heteroatoms. The Kier molecular flexibility index (Phi) is 4.36. The first-order valence-electron chi connectivity index (χ1n) is 6.11. The lowest BCUT2D eigenvalue weighted by Gasteiger charge is -2.38. The minimum Gasteiger partial charge on any atom is -0.206 e. The maximum atomic E-state index is 12.3. The normalized spacial score (nSPS) is 29.3. The van der Waals surface area contributed by atoms with Crippen LogP contribution in [0.3, 0.4) is 0 Å². The lowest BCUT2D eigenvalue weighted by Crippen LogP contribution is -2.52. The molecule has 1 fully saturated rings. The van der Waals surface area contributed by atoms with E-state index in [0.717, 1.165) is 25.7 Å². The van der Waals surface area contributed by atoms with E-state index in [1.54, 1.807) is 17.5 Å². The van der Waals surface area contributed by atoms with Crippen molar-refractivity contribution < 1.29 is 8.42 Å². The number of halogens is 1. The molecule has 0 radical (unpaired) electrons. The Hall–Kier alpha value is -0.100. The van der Waals surface area contributed by atoms with Crippen LogP contribution in [0.2, 0.25) is 0 Å². The lowest BCUT2D eigenvalue weighted by molar-refractivity contribution is 0.239. The molecule has 3 nitrogen and oxygen atoms in total. The van der Waals surface area contributed by atoms with Gasteiger partial charge in [-0.15, -0.1) is 22.9 Å². The van der Waals surface area contributed by atoms with E-state index in [4.69, 9.17) is 11.6 Å². The molecule has 0 aromatic carbocycles. The molecule has 0 spiro atoms. The third-order valence-corrected chi connectivity index (χ3v) is 6.95. The van der Waals surface area contributed by atoms with Crippen LogP contribution in [0.4, 0.5) is 0 Å². The number of rotatable bonds is 4. The summed E-state index contributed by atoms with van der Waals surface area (Å²) >= 11 is 7.28. The molecule has 1 heterocycles. The molecule has 1 aromatic heterocycles. The van der Waals surface area contributed by atoms with Gasteiger partial charge in [0.25, 0.3) is 10.0 Å². The van der Waals surface area contributed by atoms with Crippen molar-refractivity contribution in [3.05, 3.63) is 17.5 Å². The van der Waals surface area contributed by atoms with Gasteiger partial charge in [0, 0.05) is 11.4 Å².